The molecule has 166 valence electrons. The Bertz CT molecular complexity index is 1660. The van der Waals surface area contributed by atoms with E-state index in [-0.39, 0.29) is 22.1 Å². The molecule has 5 rings (SSSR count). The molecule has 0 spiro atoms. The van der Waals surface area contributed by atoms with Crippen molar-refractivity contribution in [3.63, 3.8) is 0 Å². The first kappa shape index (κ1) is 20.9. The summed E-state index contributed by atoms with van der Waals surface area (Å²) in [6.07, 6.45) is 3.01. The molecule has 1 unspecified atom stereocenters. The maximum atomic E-state index is 13.3. The van der Waals surface area contributed by atoms with E-state index in [9.17, 15) is 13.2 Å². The summed E-state index contributed by atoms with van der Waals surface area (Å²) >= 11 is 0. The Morgan fingerprint density at radius 2 is 1.73 bits per heavy atom. The van der Waals surface area contributed by atoms with Crippen LogP contribution in [0.5, 0.6) is 0 Å². The maximum absolute atomic E-state index is 13.3. The second-order valence-corrected chi connectivity index (χ2v) is 9.14. The fraction of sp³-hybridized carbons (Fsp3) is 0.0870. The van der Waals surface area contributed by atoms with E-state index in [1.165, 1.54) is 10.7 Å². The van der Waals surface area contributed by atoms with E-state index >= 15 is 0 Å². The molecule has 3 heterocycles. The molecular formula is C23H19N5O4S. The van der Waals surface area contributed by atoms with Gasteiger partial charge in [0.2, 0.25) is 10.0 Å². The molecule has 3 aromatic heterocycles. The predicted octanol–water partition coefficient (Wildman–Crippen LogP) is 3.12. The molecule has 10 heteroatoms. The molecule has 9 nitrogen and oxygen atoms in total. The van der Waals surface area contributed by atoms with E-state index in [4.69, 9.17) is 10.2 Å². The van der Waals surface area contributed by atoms with Gasteiger partial charge in [0.15, 0.2) is 16.4 Å². The first-order chi connectivity index (χ1) is 15.9. The van der Waals surface area contributed by atoms with Crippen molar-refractivity contribution in [1.82, 2.24) is 19.3 Å². The summed E-state index contributed by atoms with van der Waals surface area (Å²) in [5, 5.41) is 5.09. The highest BCUT2D eigenvalue weighted by Gasteiger charge is 2.30. The van der Waals surface area contributed by atoms with Crippen LogP contribution < -0.4 is 16.1 Å². The lowest BCUT2D eigenvalue weighted by molar-refractivity contribution is 0.429. The Hall–Kier alpha value is -4.02. The normalized spacial score (nSPS) is 12.9. The van der Waals surface area contributed by atoms with Gasteiger partial charge in [-0.1, -0.05) is 48.5 Å². The Morgan fingerprint density at radius 1 is 1.03 bits per heavy atom. The average molecular weight is 462 g/mol. The highest BCUT2D eigenvalue weighted by Crippen LogP contribution is 2.34. The number of nitrogens with one attached hydrogen (secondary N) is 1. The monoisotopic (exact) mass is 461 g/mol. The van der Waals surface area contributed by atoms with Crippen molar-refractivity contribution in [1.29, 1.82) is 0 Å². The number of fused-ring (bicyclic) bond motifs is 2. The van der Waals surface area contributed by atoms with Crippen molar-refractivity contribution >= 4 is 32.3 Å². The Balaban J connectivity index is 1.67. The van der Waals surface area contributed by atoms with Crippen molar-refractivity contribution in [2.24, 2.45) is 0 Å². The fourth-order valence-corrected chi connectivity index (χ4v) is 5.30. The van der Waals surface area contributed by atoms with Crippen LogP contribution in [0, 0.1) is 0 Å². The van der Waals surface area contributed by atoms with E-state index in [0.717, 1.165) is 5.56 Å². The van der Waals surface area contributed by atoms with Gasteiger partial charge in [0.05, 0.1) is 11.4 Å². The number of rotatable bonds is 5. The van der Waals surface area contributed by atoms with Gasteiger partial charge >= 0.3 is 5.63 Å². The highest BCUT2D eigenvalue weighted by atomic mass is 32.2. The summed E-state index contributed by atoms with van der Waals surface area (Å²) in [4.78, 5) is 16.6. The van der Waals surface area contributed by atoms with Crippen molar-refractivity contribution < 1.29 is 12.8 Å². The number of nitrogens with two attached hydrogens (primary N) is 1. The van der Waals surface area contributed by atoms with Crippen LogP contribution in [0.1, 0.15) is 18.7 Å². The van der Waals surface area contributed by atoms with Crippen LogP contribution in [0.2, 0.25) is 0 Å². The van der Waals surface area contributed by atoms with Crippen LogP contribution in [0.3, 0.4) is 0 Å². The Morgan fingerprint density at radius 3 is 2.48 bits per heavy atom. The topological polar surface area (TPSA) is 133 Å². The first-order valence-corrected chi connectivity index (χ1v) is 11.6. The number of nitrogen functional groups attached to an aromatic ring is 1. The Kier molecular flexibility index (Phi) is 4.95. The third-order valence-electron chi connectivity index (χ3n) is 5.30. The SMILES string of the molecule is CC(NS(=O)(=O)c1c(N)nn2cccnc12)c1oc(=O)c2ccccc2c1-c1ccccc1. The van der Waals surface area contributed by atoms with Crippen LogP contribution >= 0.6 is 0 Å². The summed E-state index contributed by atoms with van der Waals surface area (Å²) in [5.74, 6) is 0.00752. The lowest BCUT2D eigenvalue weighted by Crippen LogP contribution is -2.28. The number of anilines is 1. The molecular weight excluding hydrogens is 442 g/mol. The third-order valence-corrected chi connectivity index (χ3v) is 6.89. The fourth-order valence-electron chi connectivity index (χ4n) is 3.91. The Labute approximate surface area is 188 Å². The minimum Gasteiger partial charge on any atom is -0.425 e. The quantitative estimate of drug-likeness (QED) is 0.411. The van der Waals surface area contributed by atoms with Gasteiger partial charge in [0.1, 0.15) is 5.76 Å². The summed E-state index contributed by atoms with van der Waals surface area (Å²) in [6, 6.07) is 17.1. The summed E-state index contributed by atoms with van der Waals surface area (Å²) < 4.78 is 36.1. The van der Waals surface area contributed by atoms with Crippen molar-refractivity contribution in [2.45, 2.75) is 17.9 Å². The van der Waals surface area contributed by atoms with Gasteiger partial charge in [-0.15, -0.1) is 5.10 Å². The van der Waals surface area contributed by atoms with Gasteiger partial charge in [-0.05, 0) is 24.6 Å². The largest absolute Gasteiger partial charge is 0.425 e. The molecule has 0 fully saturated rings. The van der Waals surface area contributed by atoms with E-state index in [1.54, 1.807) is 31.3 Å². The molecule has 0 aliphatic carbocycles. The molecule has 0 radical (unpaired) electrons. The number of hydrogen-bond acceptors (Lipinski definition) is 7. The van der Waals surface area contributed by atoms with Gasteiger partial charge in [-0.2, -0.15) is 0 Å². The minimum absolute atomic E-state index is 0.0953. The summed E-state index contributed by atoms with van der Waals surface area (Å²) in [5.41, 5.74) is 6.87. The molecule has 0 aliphatic heterocycles. The van der Waals surface area contributed by atoms with Crippen LogP contribution in [0.15, 0.2) is 87.2 Å². The first-order valence-electron chi connectivity index (χ1n) is 10.1. The van der Waals surface area contributed by atoms with Crippen molar-refractivity contribution in [2.75, 3.05) is 5.73 Å². The molecule has 0 saturated heterocycles. The summed E-state index contributed by atoms with van der Waals surface area (Å²) in [6.45, 7) is 1.60. The number of benzene rings is 2. The van der Waals surface area contributed by atoms with E-state index in [2.05, 4.69) is 14.8 Å². The molecule has 1 atom stereocenters. The molecule has 0 aliphatic rings. The van der Waals surface area contributed by atoms with Crippen LogP contribution in [-0.2, 0) is 10.0 Å². The summed E-state index contributed by atoms with van der Waals surface area (Å²) in [7, 11) is -4.17. The number of sulfonamides is 1. The molecule has 0 amide bonds. The molecule has 33 heavy (non-hydrogen) atoms. The second kappa shape index (κ2) is 7.84. The lowest BCUT2D eigenvalue weighted by Gasteiger charge is -2.18. The van der Waals surface area contributed by atoms with Crippen LogP contribution in [0.25, 0.3) is 27.5 Å². The zero-order chi connectivity index (χ0) is 23.2. The zero-order valence-corrected chi connectivity index (χ0v) is 18.3. The van der Waals surface area contributed by atoms with E-state index in [1.807, 2.05) is 42.5 Å². The van der Waals surface area contributed by atoms with Gasteiger partial charge < -0.3 is 10.2 Å². The van der Waals surface area contributed by atoms with Gasteiger partial charge in [0, 0.05) is 23.3 Å². The standard InChI is InChI=1S/C23H19N5O4S/c1-14(27-33(30,31)20-21(24)26-28-13-7-12-25-22(20)28)19-18(15-8-3-2-4-9-15)16-10-5-6-11-17(16)23(29)32-19/h2-14,27H,1H3,(H2,24,26). The number of hydrogen-bond donors (Lipinski definition) is 2. The number of nitrogens with zero attached hydrogens (tertiary/aromatic N) is 3. The zero-order valence-electron chi connectivity index (χ0n) is 17.5. The lowest BCUT2D eigenvalue weighted by atomic mass is 9.96. The molecule has 0 bridgehead atoms. The average Bonchev–Trinajstić information content (AvgIpc) is 3.16. The van der Waals surface area contributed by atoms with Crippen LogP contribution in [-0.4, -0.2) is 23.0 Å². The predicted molar refractivity (Wildman–Crippen MR) is 124 cm³/mol. The van der Waals surface area contributed by atoms with Crippen molar-refractivity contribution in [3.8, 4) is 11.1 Å². The minimum atomic E-state index is -4.17. The van der Waals surface area contributed by atoms with E-state index < -0.39 is 21.7 Å². The molecule has 5 aromatic rings. The van der Waals surface area contributed by atoms with Gasteiger partial charge in [0.25, 0.3) is 0 Å². The molecule has 0 saturated carbocycles. The van der Waals surface area contributed by atoms with Gasteiger partial charge in [-0.25, -0.2) is 27.4 Å². The van der Waals surface area contributed by atoms with Crippen LogP contribution in [0.4, 0.5) is 5.82 Å². The van der Waals surface area contributed by atoms with E-state index in [0.29, 0.717) is 16.3 Å². The maximum Gasteiger partial charge on any atom is 0.343 e. The third kappa shape index (κ3) is 3.55. The van der Waals surface area contributed by atoms with Crippen molar-refractivity contribution in [3.05, 3.63) is 89.2 Å². The molecule has 3 N–H and O–H groups in total. The molecule has 2 aromatic carbocycles. The second-order valence-electron chi connectivity index (χ2n) is 7.49. The van der Waals surface area contributed by atoms with Gasteiger partial charge in [-0.3, -0.25) is 0 Å². The smallest absolute Gasteiger partial charge is 0.343 e. The highest BCUT2D eigenvalue weighted by molar-refractivity contribution is 7.89. The number of aromatic nitrogens is 3.